The Morgan fingerprint density at radius 1 is 0.933 bits per heavy atom. The molecule has 30 heavy (non-hydrogen) atoms. The van der Waals surface area contributed by atoms with Crippen molar-refractivity contribution >= 4 is 5.91 Å². The number of ether oxygens (including phenoxy) is 1. The molecule has 0 aliphatic carbocycles. The first-order valence-corrected chi connectivity index (χ1v) is 10.6. The summed E-state index contributed by atoms with van der Waals surface area (Å²) in [6, 6.07) is 23.7. The first-order chi connectivity index (χ1) is 14.4. The number of hydrogen-bond donors (Lipinski definition) is 1. The summed E-state index contributed by atoms with van der Waals surface area (Å²) < 4.78 is 5.83. The molecule has 0 heterocycles. The standard InChI is InChI=1S/C27H31NO2/c1-19(2)16-26(25-15-8-10-20(3)21(25)4)28-27(29)23-12-9-11-22(17-23)18-30-24-13-6-5-7-14-24/h5-15,17,19,26H,16,18H2,1-4H3,(H,28,29). The van der Waals surface area contributed by atoms with Gasteiger partial charge in [0, 0.05) is 5.56 Å². The Balaban J connectivity index is 1.74. The average Bonchev–Trinajstić information content (AvgIpc) is 2.74. The summed E-state index contributed by atoms with van der Waals surface area (Å²) in [6.45, 7) is 9.05. The number of rotatable bonds is 8. The van der Waals surface area contributed by atoms with Crippen LogP contribution in [0.25, 0.3) is 0 Å². The first-order valence-electron chi connectivity index (χ1n) is 10.6. The number of hydrogen-bond acceptors (Lipinski definition) is 2. The molecule has 0 fully saturated rings. The molecule has 3 nitrogen and oxygen atoms in total. The summed E-state index contributed by atoms with van der Waals surface area (Å²) in [5.74, 6) is 1.24. The average molecular weight is 402 g/mol. The third-order valence-corrected chi connectivity index (χ3v) is 5.37. The van der Waals surface area contributed by atoms with E-state index in [2.05, 4.69) is 51.2 Å². The maximum Gasteiger partial charge on any atom is 0.251 e. The SMILES string of the molecule is Cc1cccc(C(CC(C)C)NC(=O)c2cccc(COc3ccccc3)c2)c1C. The fourth-order valence-corrected chi connectivity index (χ4v) is 3.61. The number of nitrogens with one attached hydrogen (secondary N) is 1. The van der Waals surface area contributed by atoms with Crippen LogP contribution in [-0.4, -0.2) is 5.91 Å². The second-order valence-corrected chi connectivity index (χ2v) is 8.25. The lowest BCUT2D eigenvalue weighted by Gasteiger charge is -2.24. The fourth-order valence-electron chi connectivity index (χ4n) is 3.61. The number of carbonyl (C=O) groups is 1. The molecular formula is C27H31NO2. The van der Waals surface area contributed by atoms with E-state index in [0.717, 1.165) is 17.7 Å². The summed E-state index contributed by atoms with van der Waals surface area (Å²) >= 11 is 0. The molecule has 3 aromatic rings. The zero-order valence-corrected chi connectivity index (χ0v) is 18.3. The summed E-state index contributed by atoms with van der Waals surface area (Å²) in [7, 11) is 0. The highest BCUT2D eigenvalue weighted by atomic mass is 16.5. The molecule has 0 aromatic heterocycles. The van der Waals surface area contributed by atoms with Crippen LogP contribution in [0.2, 0.25) is 0 Å². The number of carbonyl (C=O) groups excluding carboxylic acids is 1. The van der Waals surface area contributed by atoms with Gasteiger partial charge in [0.1, 0.15) is 12.4 Å². The van der Waals surface area contributed by atoms with Gasteiger partial charge in [0.05, 0.1) is 6.04 Å². The van der Waals surface area contributed by atoms with Gasteiger partial charge in [0.25, 0.3) is 5.91 Å². The molecule has 3 aromatic carbocycles. The number of amides is 1. The van der Waals surface area contributed by atoms with Gasteiger partial charge in [-0.25, -0.2) is 0 Å². The predicted octanol–water partition coefficient (Wildman–Crippen LogP) is 6.40. The second kappa shape index (κ2) is 10.1. The molecule has 156 valence electrons. The van der Waals surface area contributed by atoms with E-state index < -0.39 is 0 Å². The Morgan fingerprint density at radius 3 is 2.40 bits per heavy atom. The topological polar surface area (TPSA) is 38.3 Å². The first kappa shape index (κ1) is 21.6. The Labute approximate surface area is 180 Å². The number of benzene rings is 3. The molecule has 3 heteroatoms. The van der Waals surface area contributed by atoms with Gasteiger partial charge < -0.3 is 10.1 Å². The Bertz CT molecular complexity index is 979. The Kier molecular flexibility index (Phi) is 7.29. The molecule has 0 aliphatic rings. The molecule has 1 unspecified atom stereocenters. The van der Waals surface area contributed by atoms with E-state index in [1.54, 1.807) is 0 Å². The lowest BCUT2D eigenvalue weighted by molar-refractivity contribution is 0.0931. The lowest BCUT2D eigenvalue weighted by Crippen LogP contribution is -2.30. The van der Waals surface area contributed by atoms with Gasteiger partial charge in [0.15, 0.2) is 0 Å². The molecule has 1 N–H and O–H groups in total. The molecule has 1 atom stereocenters. The molecule has 0 aliphatic heterocycles. The third kappa shape index (κ3) is 5.73. The third-order valence-electron chi connectivity index (χ3n) is 5.37. The van der Waals surface area contributed by atoms with Gasteiger partial charge in [-0.3, -0.25) is 4.79 Å². The van der Waals surface area contributed by atoms with Gasteiger partial charge in [-0.1, -0.05) is 62.4 Å². The van der Waals surface area contributed by atoms with Gasteiger partial charge in [-0.2, -0.15) is 0 Å². The van der Waals surface area contributed by atoms with Gasteiger partial charge in [-0.05, 0) is 72.7 Å². The Morgan fingerprint density at radius 2 is 1.67 bits per heavy atom. The van der Waals surface area contributed by atoms with Crippen LogP contribution in [0.4, 0.5) is 0 Å². The van der Waals surface area contributed by atoms with E-state index in [0.29, 0.717) is 18.1 Å². The maximum atomic E-state index is 13.1. The van der Waals surface area contributed by atoms with E-state index in [4.69, 9.17) is 4.74 Å². The molecular weight excluding hydrogens is 370 g/mol. The van der Waals surface area contributed by atoms with Gasteiger partial charge in [0.2, 0.25) is 0 Å². The van der Waals surface area contributed by atoms with Gasteiger partial charge >= 0.3 is 0 Å². The highest BCUT2D eigenvalue weighted by Crippen LogP contribution is 2.26. The lowest BCUT2D eigenvalue weighted by atomic mass is 9.91. The van der Waals surface area contributed by atoms with Crippen LogP contribution in [0.5, 0.6) is 5.75 Å². The fraction of sp³-hybridized carbons (Fsp3) is 0.296. The van der Waals surface area contributed by atoms with Crippen molar-refractivity contribution in [3.63, 3.8) is 0 Å². The normalized spacial score (nSPS) is 11.9. The van der Waals surface area contributed by atoms with Crippen LogP contribution in [0.3, 0.4) is 0 Å². The zero-order valence-electron chi connectivity index (χ0n) is 18.3. The van der Waals surface area contributed by atoms with Crippen molar-refractivity contribution in [2.75, 3.05) is 0 Å². The van der Waals surface area contributed by atoms with Crippen molar-refractivity contribution < 1.29 is 9.53 Å². The molecule has 1 amide bonds. The minimum atomic E-state index is -0.0527. The van der Waals surface area contributed by atoms with E-state index >= 15 is 0 Å². The smallest absolute Gasteiger partial charge is 0.251 e. The van der Waals surface area contributed by atoms with Crippen LogP contribution < -0.4 is 10.1 Å². The van der Waals surface area contributed by atoms with Crippen LogP contribution in [-0.2, 0) is 6.61 Å². The minimum absolute atomic E-state index is 0.0124. The minimum Gasteiger partial charge on any atom is -0.489 e. The molecule has 0 radical (unpaired) electrons. The van der Waals surface area contributed by atoms with E-state index in [-0.39, 0.29) is 11.9 Å². The molecule has 0 saturated carbocycles. The predicted molar refractivity (Wildman–Crippen MR) is 123 cm³/mol. The summed E-state index contributed by atoms with van der Waals surface area (Å²) in [5.41, 5.74) is 5.31. The highest BCUT2D eigenvalue weighted by molar-refractivity contribution is 5.94. The number of para-hydroxylation sites is 1. The molecule has 0 spiro atoms. The molecule has 0 saturated heterocycles. The van der Waals surface area contributed by atoms with Crippen LogP contribution in [0.15, 0.2) is 72.8 Å². The largest absolute Gasteiger partial charge is 0.489 e. The van der Waals surface area contributed by atoms with Gasteiger partial charge in [-0.15, -0.1) is 0 Å². The summed E-state index contributed by atoms with van der Waals surface area (Å²) in [5, 5.41) is 3.27. The van der Waals surface area contributed by atoms with Crippen LogP contribution in [0, 0.1) is 19.8 Å². The summed E-state index contributed by atoms with van der Waals surface area (Å²) in [4.78, 5) is 13.1. The van der Waals surface area contributed by atoms with E-state index in [1.807, 2.05) is 54.6 Å². The monoisotopic (exact) mass is 401 g/mol. The van der Waals surface area contributed by atoms with Crippen LogP contribution >= 0.6 is 0 Å². The second-order valence-electron chi connectivity index (χ2n) is 8.25. The van der Waals surface area contributed by atoms with E-state index in [9.17, 15) is 4.79 Å². The maximum absolute atomic E-state index is 13.1. The number of aryl methyl sites for hydroxylation is 1. The Hall–Kier alpha value is -3.07. The highest BCUT2D eigenvalue weighted by Gasteiger charge is 2.19. The van der Waals surface area contributed by atoms with Crippen molar-refractivity contribution in [2.24, 2.45) is 5.92 Å². The zero-order chi connectivity index (χ0) is 21.5. The molecule has 3 rings (SSSR count). The van der Waals surface area contributed by atoms with Crippen molar-refractivity contribution in [1.29, 1.82) is 0 Å². The van der Waals surface area contributed by atoms with Crippen molar-refractivity contribution in [2.45, 2.75) is 46.8 Å². The quantitative estimate of drug-likeness (QED) is 0.474. The van der Waals surface area contributed by atoms with Crippen molar-refractivity contribution in [1.82, 2.24) is 5.32 Å². The van der Waals surface area contributed by atoms with Crippen molar-refractivity contribution in [3.8, 4) is 5.75 Å². The summed E-state index contributed by atoms with van der Waals surface area (Å²) in [6.07, 6.45) is 0.896. The van der Waals surface area contributed by atoms with E-state index in [1.165, 1.54) is 16.7 Å². The van der Waals surface area contributed by atoms with Crippen molar-refractivity contribution in [3.05, 3.63) is 101 Å². The van der Waals surface area contributed by atoms with Crippen LogP contribution in [0.1, 0.15) is 58.9 Å². The molecule has 0 bridgehead atoms.